The molecule has 2 N–H and O–H groups in total. The SMILES string of the molecule is CC(C)CCC(c1cccc(C(=O)O)n1)N1CCOCCOCCN(Cc2cccc(C(=O)O)n2)CCOCCOCC1. The Kier molecular flexibility index (Phi) is 15.5. The van der Waals surface area contributed by atoms with Crippen LogP contribution in [0, 0.1) is 5.92 Å². The highest BCUT2D eigenvalue weighted by Crippen LogP contribution is 2.26. The first kappa shape index (κ1) is 34.5. The molecule has 2 aromatic heterocycles. The number of hydrogen-bond donors (Lipinski definition) is 2. The van der Waals surface area contributed by atoms with Gasteiger partial charge in [0.15, 0.2) is 0 Å². The molecule has 1 atom stereocenters. The first-order valence-electron chi connectivity index (χ1n) is 15.0. The minimum absolute atomic E-state index is 0.0236. The predicted molar refractivity (Wildman–Crippen MR) is 159 cm³/mol. The Morgan fingerprint density at radius 3 is 1.77 bits per heavy atom. The highest BCUT2D eigenvalue weighted by molar-refractivity contribution is 5.85. The van der Waals surface area contributed by atoms with Crippen molar-refractivity contribution in [1.29, 1.82) is 0 Å². The molecule has 3 rings (SSSR count). The summed E-state index contributed by atoms with van der Waals surface area (Å²) in [5.74, 6) is -1.59. The number of carboxylic acid groups (broad SMARTS) is 2. The summed E-state index contributed by atoms with van der Waals surface area (Å²) < 4.78 is 23.5. The van der Waals surface area contributed by atoms with Crippen LogP contribution in [0.15, 0.2) is 36.4 Å². The van der Waals surface area contributed by atoms with Crippen LogP contribution in [0.5, 0.6) is 0 Å². The van der Waals surface area contributed by atoms with Gasteiger partial charge in [0, 0.05) is 32.7 Å². The molecule has 0 bridgehead atoms. The van der Waals surface area contributed by atoms with Gasteiger partial charge in [-0.05, 0) is 43.0 Å². The number of nitrogens with zero attached hydrogens (tertiary/aromatic N) is 4. The van der Waals surface area contributed by atoms with E-state index in [1.807, 2.05) is 12.1 Å². The highest BCUT2D eigenvalue weighted by Gasteiger charge is 2.23. The topological polar surface area (TPSA) is 144 Å². The molecule has 2 aromatic rings. The molecule has 1 aliphatic rings. The third-order valence-corrected chi connectivity index (χ3v) is 7.09. The van der Waals surface area contributed by atoms with Gasteiger partial charge >= 0.3 is 11.9 Å². The lowest BCUT2D eigenvalue weighted by atomic mass is 9.99. The van der Waals surface area contributed by atoms with E-state index < -0.39 is 11.9 Å². The summed E-state index contributed by atoms with van der Waals surface area (Å²) in [4.78, 5) is 36.0. The standard InChI is InChI=1S/C31H46N4O8/c1-24(2)9-10-29(26-6-4-8-28(33-26)31(38)39)35-13-17-42-21-19-40-15-11-34(12-16-41-20-22-43-18-14-35)23-25-5-3-7-27(32-25)30(36)37/h3-8,24,29H,9-23H2,1-2H3,(H,36,37)(H,38,39). The summed E-state index contributed by atoms with van der Waals surface area (Å²) in [7, 11) is 0. The van der Waals surface area contributed by atoms with Gasteiger partial charge in [-0.1, -0.05) is 26.0 Å². The Morgan fingerprint density at radius 1 is 0.721 bits per heavy atom. The van der Waals surface area contributed by atoms with Crippen LogP contribution in [0.25, 0.3) is 0 Å². The summed E-state index contributed by atoms with van der Waals surface area (Å²) in [6.07, 6.45) is 1.81. The average molecular weight is 603 g/mol. The predicted octanol–water partition coefficient (Wildman–Crippen LogP) is 3.23. The molecule has 1 saturated heterocycles. The van der Waals surface area contributed by atoms with Gasteiger partial charge in [0.05, 0.1) is 70.3 Å². The minimum atomic E-state index is -1.05. The average Bonchev–Trinajstić information content (AvgIpc) is 2.98. The lowest BCUT2D eigenvalue weighted by Crippen LogP contribution is -2.36. The van der Waals surface area contributed by atoms with Crippen LogP contribution in [0.1, 0.15) is 65.1 Å². The van der Waals surface area contributed by atoms with E-state index in [0.29, 0.717) is 97.2 Å². The lowest BCUT2D eigenvalue weighted by molar-refractivity contribution is 0.0000970. The summed E-state index contributed by atoms with van der Waals surface area (Å²) in [5.41, 5.74) is 1.48. The van der Waals surface area contributed by atoms with Crippen LogP contribution in [0.3, 0.4) is 0 Å². The number of aromatic carboxylic acids is 2. The van der Waals surface area contributed by atoms with Gasteiger partial charge in [0.2, 0.25) is 0 Å². The van der Waals surface area contributed by atoms with Crippen molar-refractivity contribution in [3.63, 3.8) is 0 Å². The highest BCUT2D eigenvalue weighted by atomic mass is 16.5. The van der Waals surface area contributed by atoms with E-state index >= 15 is 0 Å². The first-order chi connectivity index (χ1) is 20.8. The Bertz CT molecular complexity index is 1100. The van der Waals surface area contributed by atoms with Crippen LogP contribution < -0.4 is 0 Å². The van der Waals surface area contributed by atoms with Crippen molar-refractivity contribution >= 4 is 11.9 Å². The van der Waals surface area contributed by atoms with E-state index in [2.05, 4.69) is 33.6 Å². The molecule has 0 aromatic carbocycles. The second-order valence-corrected chi connectivity index (χ2v) is 10.8. The van der Waals surface area contributed by atoms with E-state index in [1.54, 1.807) is 12.1 Å². The Labute approximate surface area is 253 Å². The van der Waals surface area contributed by atoms with Crippen molar-refractivity contribution < 1.29 is 38.7 Å². The van der Waals surface area contributed by atoms with Gasteiger partial charge in [-0.2, -0.15) is 0 Å². The van der Waals surface area contributed by atoms with Gasteiger partial charge in [-0.3, -0.25) is 9.80 Å². The van der Waals surface area contributed by atoms with Crippen LogP contribution >= 0.6 is 0 Å². The fourth-order valence-electron chi connectivity index (χ4n) is 4.77. The van der Waals surface area contributed by atoms with E-state index in [1.165, 1.54) is 12.1 Å². The number of carboxylic acids is 2. The van der Waals surface area contributed by atoms with Gasteiger partial charge in [0.1, 0.15) is 11.4 Å². The van der Waals surface area contributed by atoms with Crippen molar-refractivity contribution in [2.45, 2.75) is 39.3 Å². The van der Waals surface area contributed by atoms with Crippen LogP contribution in [0.4, 0.5) is 0 Å². The van der Waals surface area contributed by atoms with Crippen molar-refractivity contribution in [3.05, 3.63) is 59.2 Å². The van der Waals surface area contributed by atoms with Gasteiger partial charge in [-0.25, -0.2) is 19.6 Å². The number of hydrogen-bond acceptors (Lipinski definition) is 10. The molecule has 0 radical (unpaired) electrons. The molecule has 1 unspecified atom stereocenters. The zero-order valence-corrected chi connectivity index (χ0v) is 25.4. The van der Waals surface area contributed by atoms with E-state index in [4.69, 9.17) is 18.9 Å². The Balaban J connectivity index is 1.59. The fraction of sp³-hybridized carbons (Fsp3) is 0.613. The van der Waals surface area contributed by atoms with Crippen molar-refractivity contribution in [3.8, 4) is 0 Å². The molecule has 238 valence electrons. The smallest absolute Gasteiger partial charge is 0.354 e. The molecule has 0 aliphatic carbocycles. The first-order valence-corrected chi connectivity index (χ1v) is 15.0. The van der Waals surface area contributed by atoms with Gasteiger partial charge in [-0.15, -0.1) is 0 Å². The number of ether oxygens (including phenoxy) is 4. The van der Waals surface area contributed by atoms with Crippen molar-refractivity contribution in [2.75, 3.05) is 79.0 Å². The Morgan fingerprint density at radius 2 is 1.23 bits per heavy atom. The fourth-order valence-corrected chi connectivity index (χ4v) is 4.77. The molecule has 12 heteroatoms. The molecule has 0 spiro atoms. The molecule has 0 amide bonds. The van der Waals surface area contributed by atoms with Gasteiger partial charge < -0.3 is 29.2 Å². The maximum absolute atomic E-state index is 11.6. The van der Waals surface area contributed by atoms with Crippen LogP contribution in [-0.2, 0) is 25.5 Å². The van der Waals surface area contributed by atoms with E-state index in [-0.39, 0.29) is 17.4 Å². The molecule has 12 nitrogen and oxygen atoms in total. The summed E-state index contributed by atoms with van der Waals surface area (Å²) in [6, 6.07) is 10.1. The molecule has 0 saturated carbocycles. The number of pyridine rings is 2. The quantitative estimate of drug-likeness (QED) is 0.435. The Hall–Kier alpha value is -3.00. The van der Waals surface area contributed by atoms with E-state index in [9.17, 15) is 19.8 Å². The second kappa shape index (κ2) is 19.3. The molecule has 3 heterocycles. The van der Waals surface area contributed by atoms with Crippen LogP contribution in [-0.4, -0.2) is 121 Å². The summed E-state index contributed by atoms with van der Waals surface area (Å²) >= 11 is 0. The number of aromatic nitrogens is 2. The largest absolute Gasteiger partial charge is 0.477 e. The van der Waals surface area contributed by atoms with Gasteiger partial charge in [0.25, 0.3) is 0 Å². The molecule has 1 aliphatic heterocycles. The van der Waals surface area contributed by atoms with Crippen LogP contribution in [0.2, 0.25) is 0 Å². The molecule has 1 fully saturated rings. The lowest BCUT2D eigenvalue weighted by Gasteiger charge is -2.32. The maximum Gasteiger partial charge on any atom is 0.354 e. The molecular formula is C31H46N4O8. The van der Waals surface area contributed by atoms with E-state index in [0.717, 1.165) is 18.5 Å². The summed E-state index contributed by atoms with van der Waals surface area (Å²) in [5, 5.41) is 18.8. The monoisotopic (exact) mass is 602 g/mol. The molecular weight excluding hydrogens is 556 g/mol. The van der Waals surface area contributed by atoms with Crippen molar-refractivity contribution in [2.24, 2.45) is 5.92 Å². The zero-order chi connectivity index (χ0) is 30.9. The molecule has 43 heavy (non-hydrogen) atoms. The normalized spacial score (nSPS) is 18.5. The number of carbonyl (C=O) groups is 2. The second-order valence-electron chi connectivity index (χ2n) is 10.8. The third-order valence-electron chi connectivity index (χ3n) is 7.09. The van der Waals surface area contributed by atoms with Crippen molar-refractivity contribution in [1.82, 2.24) is 19.8 Å². The zero-order valence-electron chi connectivity index (χ0n) is 25.4. The summed E-state index contributed by atoms with van der Waals surface area (Å²) in [6.45, 7) is 11.1. The minimum Gasteiger partial charge on any atom is -0.477 e. The maximum atomic E-state index is 11.6. The third kappa shape index (κ3) is 13.0. The number of rotatable bonds is 9.